The van der Waals surface area contributed by atoms with E-state index in [4.69, 9.17) is 10.5 Å². The summed E-state index contributed by atoms with van der Waals surface area (Å²) in [7, 11) is 0. The predicted octanol–water partition coefficient (Wildman–Crippen LogP) is 0.605. The number of aromatic nitrogens is 1. The molecule has 1 heterocycles. The maximum Gasteiger partial charge on any atom is 0.260 e. The normalized spacial score (nSPS) is 12.1. The number of amides is 2. The molecule has 0 fully saturated rings. The first-order chi connectivity index (χ1) is 7.54. The van der Waals surface area contributed by atoms with E-state index in [1.165, 1.54) is 6.20 Å². The van der Waals surface area contributed by atoms with Gasteiger partial charge in [-0.2, -0.15) is 0 Å². The minimum Gasteiger partial charge on any atom is -0.369 e. The maximum atomic E-state index is 11.5. The third-order valence-corrected chi connectivity index (χ3v) is 2.69. The molecule has 0 aliphatic heterocycles. The second kappa shape index (κ2) is 5.57. The van der Waals surface area contributed by atoms with Crippen LogP contribution in [0.5, 0.6) is 0 Å². The first kappa shape index (κ1) is 12.6. The molecule has 16 heavy (non-hydrogen) atoms. The number of carbonyl (C=O) groups excluding carboxylic acids is 2. The fraction of sp³-hybridized carbons (Fsp3) is 0.444. The van der Waals surface area contributed by atoms with Crippen molar-refractivity contribution < 1.29 is 14.3 Å². The number of carbonyl (C=O) groups is 2. The van der Waals surface area contributed by atoms with Crippen molar-refractivity contribution in [3.05, 3.63) is 11.1 Å². The van der Waals surface area contributed by atoms with Crippen LogP contribution in [0.4, 0.5) is 5.13 Å². The summed E-state index contributed by atoms with van der Waals surface area (Å²) in [5.74, 6) is -0.858. The summed E-state index contributed by atoms with van der Waals surface area (Å²) in [6, 6.07) is 0. The third-order valence-electron chi connectivity index (χ3n) is 1.76. The van der Waals surface area contributed by atoms with Crippen molar-refractivity contribution in [1.82, 2.24) is 4.98 Å². The molecular formula is C9H13N3O3S. The zero-order valence-electron chi connectivity index (χ0n) is 9.02. The molecule has 0 bridgehead atoms. The first-order valence-corrected chi connectivity index (χ1v) is 5.54. The van der Waals surface area contributed by atoms with Gasteiger partial charge in [0.25, 0.3) is 11.8 Å². The van der Waals surface area contributed by atoms with E-state index >= 15 is 0 Å². The standard InChI is InChI=1S/C9H13N3O3S/c1-3-15-5(2)8(14)12-9-11-4-6(16-9)7(10)13/h4-5H,3H2,1-2H3,(H2,10,13)(H,11,12,14). The van der Waals surface area contributed by atoms with Gasteiger partial charge in [-0.3, -0.25) is 14.9 Å². The highest BCUT2D eigenvalue weighted by molar-refractivity contribution is 7.17. The van der Waals surface area contributed by atoms with Crippen molar-refractivity contribution in [3.63, 3.8) is 0 Å². The lowest BCUT2D eigenvalue weighted by Gasteiger charge is -2.09. The Morgan fingerprint density at radius 2 is 2.38 bits per heavy atom. The molecule has 1 rings (SSSR count). The molecule has 0 spiro atoms. The van der Waals surface area contributed by atoms with E-state index < -0.39 is 12.0 Å². The van der Waals surface area contributed by atoms with Gasteiger partial charge in [-0.05, 0) is 13.8 Å². The number of nitrogens with one attached hydrogen (secondary N) is 1. The number of hydrogen-bond donors (Lipinski definition) is 2. The average Bonchev–Trinajstić information content (AvgIpc) is 2.66. The number of anilines is 1. The molecule has 1 atom stereocenters. The Bertz CT molecular complexity index is 391. The molecule has 7 heteroatoms. The average molecular weight is 243 g/mol. The van der Waals surface area contributed by atoms with E-state index in [-0.39, 0.29) is 5.91 Å². The highest BCUT2D eigenvalue weighted by Gasteiger charge is 2.15. The zero-order valence-corrected chi connectivity index (χ0v) is 9.84. The lowest BCUT2D eigenvalue weighted by molar-refractivity contribution is -0.126. The molecule has 1 unspecified atom stereocenters. The van der Waals surface area contributed by atoms with Crippen LogP contribution in [0.1, 0.15) is 23.5 Å². The minimum atomic E-state index is -0.559. The summed E-state index contributed by atoms with van der Waals surface area (Å²) in [5.41, 5.74) is 5.06. The van der Waals surface area contributed by atoms with E-state index in [1.807, 2.05) is 0 Å². The fourth-order valence-electron chi connectivity index (χ4n) is 0.979. The van der Waals surface area contributed by atoms with Crippen molar-refractivity contribution in [2.24, 2.45) is 5.73 Å². The van der Waals surface area contributed by atoms with Crippen molar-refractivity contribution in [1.29, 1.82) is 0 Å². The monoisotopic (exact) mass is 243 g/mol. The predicted molar refractivity (Wildman–Crippen MR) is 60.3 cm³/mol. The highest BCUT2D eigenvalue weighted by Crippen LogP contribution is 2.17. The van der Waals surface area contributed by atoms with Crippen molar-refractivity contribution >= 4 is 28.3 Å². The van der Waals surface area contributed by atoms with Crippen molar-refractivity contribution in [2.45, 2.75) is 20.0 Å². The Labute approximate surface area is 96.8 Å². The second-order valence-corrected chi connectivity index (χ2v) is 4.01. The summed E-state index contributed by atoms with van der Waals surface area (Å²) in [5, 5.41) is 2.88. The van der Waals surface area contributed by atoms with Crippen LogP contribution in [0, 0.1) is 0 Å². The van der Waals surface area contributed by atoms with Gasteiger partial charge in [0, 0.05) is 6.61 Å². The molecule has 0 saturated heterocycles. The lowest BCUT2D eigenvalue weighted by Crippen LogP contribution is -2.27. The minimum absolute atomic E-state index is 0.299. The Morgan fingerprint density at radius 3 is 2.88 bits per heavy atom. The number of thiazole rings is 1. The number of nitrogens with two attached hydrogens (primary N) is 1. The van der Waals surface area contributed by atoms with Gasteiger partial charge < -0.3 is 10.5 Å². The number of hydrogen-bond acceptors (Lipinski definition) is 5. The van der Waals surface area contributed by atoms with E-state index in [0.29, 0.717) is 16.6 Å². The Balaban J connectivity index is 2.59. The van der Waals surface area contributed by atoms with Gasteiger partial charge in [-0.25, -0.2) is 4.98 Å². The summed E-state index contributed by atoms with van der Waals surface area (Å²) in [6.07, 6.45) is 0.777. The van der Waals surface area contributed by atoms with E-state index in [1.54, 1.807) is 13.8 Å². The van der Waals surface area contributed by atoms with Crippen LogP contribution in [0.3, 0.4) is 0 Å². The number of rotatable bonds is 5. The number of ether oxygens (including phenoxy) is 1. The van der Waals surface area contributed by atoms with Crippen molar-refractivity contribution in [2.75, 3.05) is 11.9 Å². The SMILES string of the molecule is CCOC(C)C(=O)Nc1ncc(C(N)=O)s1. The van der Waals surface area contributed by atoms with Crippen LogP contribution in [0.25, 0.3) is 0 Å². The fourth-order valence-corrected chi connectivity index (χ4v) is 1.65. The van der Waals surface area contributed by atoms with Gasteiger partial charge >= 0.3 is 0 Å². The quantitative estimate of drug-likeness (QED) is 0.792. The van der Waals surface area contributed by atoms with Gasteiger partial charge in [0.2, 0.25) is 0 Å². The van der Waals surface area contributed by atoms with Gasteiger partial charge in [0.1, 0.15) is 11.0 Å². The smallest absolute Gasteiger partial charge is 0.260 e. The van der Waals surface area contributed by atoms with E-state index in [9.17, 15) is 9.59 Å². The van der Waals surface area contributed by atoms with E-state index in [2.05, 4.69) is 10.3 Å². The summed E-state index contributed by atoms with van der Waals surface area (Å²) in [6.45, 7) is 3.90. The van der Waals surface area contributed by atoms with Crippen LogP contribution in [-0.2, 0) is 9.53 Å². The van der Waals surface area contributed by atoms with Crippen LogP contribution in [0.15, 0.2) is 6.20 Å². The van der Waals surface area contributed by atoms with Gasteiger partial charge in [0.05, 0.1) is 6.20 Å². The zero-order chi connectivity index (χ0) is 12.1. The summed E-state index contributed by atoms with van der Waals surface area (Å²) < 4.78 is 5.10. The number of primary amides is 1. The van der Waals surface area contributed by atoms with Gasteiger partial charge in [-0.1, -0.05) is 11.3 Å². The summed E-state index contributed by atoms with van der Waals surface area (Å²) >= 11 is 1.03. The van der Waals surface area contributed by atoms with Crippen LogP contribution in [0.2, 0.25) is 0 Å². The van der Waals surface area contributed by atoms with Gasteiger partial charge in [-0.15, -0.1) is 0 Å². The molecule has 1 aromatic heterocycles. The molecule has 1 aromatic rings. The molecular weight excluding hydrogens is 230 g/mol. The molecule has 0 radical (unpaired) electrons. The molecule has 6 nitrogen and oxygen atoms in total. The molecule has 3 N–H and O–H groups in total. The Hall–Kier alpha value is -1.47. The first-order valence-electron chi connectivity index (χ1n) is 4.72. The van der Waals surface area contributed by atoms with Crippen LogP contribution in [-0.4, -0.2) is 29.5 Å². The van der Waals surface area contributed by atoms with Gasteiger partial charge in [0.15, 0.2) is 5.13 Å². The second-order valence-electron chi connectivity index (χ2n) is 2.98. The lowest BCUT2D eigenvalue weighted by atomic mass is 10.4. The maximum absolute atomic E-state index is 11.5. The van der Waals surface area contributed by atoms with Crippen LogP contribution >= 0.6 is 11.3 Å². The molecule has 0 aromatic carbocycles. The number of nitrogens with zero attached hydrogens (tertiary/aromatic N) is 1. The molecule has 88 valence electrons. The topological polar surface area (TPSA) is 94.3 Å². The van der Waals surface area contributed by atoms with Crippen molar-refractivity contribution in [3.8, 4) is 0 Å². The summed E-state index contributed by atoms with van der Waals surface area (Å²) in [4.78, 5) is 26.4. The van der Waals surface area contributed by atoms with E-state index in [0.717, 1.165) is 11.3 Å². The highest BCUT2D eigenvalue weighted by atomic mass is 32.1. The molecule has 0 aliphatic carbocycles. The van der Waals surface area contributed by atoms with Crippen LogP contribution < -0.4 is 11.1 Å². The third kappa shape index (κ3) is 3.28. The Morgan fingerprint density at radius 1 is 1.69 bits per heavy atom. The largest absolute Gasteiger partial charge is 0.369 e. The Kier molecular flexibility index (Phi) is 4.39. The molecule has 0 aliphatic rings. The molecule has 2 amide bonds. The molecule has 0 saturated carbocycles.